The number of methoxy groups -OCH3 is 2. The van der Waals surface area contributed by atoms with Crippen molar-refractivity contribution in [3.05, 3.63) is 96.6 Å². The van der Waals surface area contributed by atoms with Gasteiger partial charge < -0.3 is 9.47 Å². The van der Waals surface area contributed by atoms with Gasteiger partial charge in [0.25, 0.3) is 0 Å². The quantitative estimate of drug-likeness (QED) is 0.366. The van der Waals surface area contributed by atoms with Gasteiger partial charge in [-0.15, -0.1) is 0 Å². The van der Waals surface area contributed by atoms with Crippen LogP contribution >= 0.6 is 0 Å². The highest BCUT2D eigenvalue weighted by Gasteiger charge is 2.75. The Kier molecular flexibility index (Phi) is 5.26. The summed E-state index contributed by atoms with van der Waals surface area (Å²) in [5, 5.41) is 0. The van der Waals surface area contributed by atoms with Crippen LogP contribution in [0.2, 0.25) is 0 Å². The number of hydrogen-bond donors (Lipinski definition) is 0. The first-order valence-electron chi connectivity index (χ1n) is 13.2. The van der Waals surface area contributed by atoms with Crippen molar-refractivity contribution in [2.24, 2.45) is 29.6 Å². The summed E-state index contributed by atoms with van der Waals surface area (Å²) in [5.41, 5.74) is 0.462. The summed E-state index contributed by atoms with van der Waals surface area (Å²) in [7, 11) is 3.09. The topological polar surface area (TPSA) is 93.2 Å². The number of hydrogen-bond acceptors (Lipinski definition) is 6. The lowest BCUT2D eigenvalue weighted by Crippen LogP contribution is -2.60. The summed E-state index contributed by atoms with van der Waals surface area (Å²) in [4.78, 5) is 59.2. The molecule has 2 heterocycles. The summed E-state index contributed by atoms with van der Waals surface area (Å²) >= 11 is 0. The van der Waals surface area contributed by atoms with Gasteiger partial charge in [0.2, 0.25) is 23.6 Å². The Balaban J connectivity index is 1.39. The van der Waals surface area contributed by atoms with Crippen LogP contribution in [0.15, 0.2) is 91.0 Å². The second kappa shape index (κ2) is 8.64. The minimum atomic E-state index is -1.16. The Hall–Kier alpha value is -4.72. The van der Waals surface area contributed by atoms with Crippen molar-refractivity contribution in [3.63, 3.8) is 0 Å². The van der Waals surface area contributed by atoms with Gasteiger partial charge in [-0.1, -0.05) is 42.5 Å². The lowest BCUT2D eigenvalue weighted by atomic mass is 9.45. The van der Waals surface area contributed by atoms with E-state index in [-0.39, 0.29) is 23.6 Å². The fourth-order valence-corrected chi connectivity index (χ4v) is 7.45. The van der Waals surface area contributed by atoms with Gasteiger partial charge in [0, 0.05) is 11.3 Å². The molecule has 2 bridgehead atoms. The van der Waals surface area contributed by atoms with E-state index in [0.29, 0.717) is 22.9 Å². The molecule has 4 amide bonds. The van der Waals surface area contributed by atoms with Gasteiger partial charge in [-0.3, -0.25) is 19.2 Å². The van der Waals surface area contributed by atoms with Crippen molar-refractivity contribution in [1.82, 2.24) is 0 Å². The third-order valence-electron chi connectivity index (χ3n) is 9.09. The van der Waals surface area contributed by atoms with Gasteiger partial charge in [0.15, 0.2) is 0 Å². The second-order valence-electron chi connectivity index (χ2n) is 10.7. The zero-order chi connectivity index (χ0) is 27.8. The van der Waals surface area contributed by atoms with E-state index in [1.807, 2.05) is 42.5 Å². The first-order valence-corrected chi connectivity index (χ1v) is 13.2. The number of nitrogens with zero attached hydrogens (tertiary/aromatic N) is 2. The fourth-order valence-electron chi connectivity index (χ4n) is 7.45. The van der Waals surface area contributed by atoms with E-state index in [0.717, 1.165) is 5.56 Å². The van der Waals surface area contributed by atoms with E-state index in [1.54, 1.807) is 62.8 Å². The third kappa shape index (κ3) is 3.01. The van der Waals surface area contributed by atoms with Gasteiger partial charge in [-0.05, 0) is 54.1 Å². The molecule has 8 rings (SSSR count). The maximum Gasteiger partial charge on any atom is 0.238 e. The predicted octanol–water partition coefficient (Wildman–Crippen LogP) is 3.75. The molecular weight excluding hydrogens is 508 g/mol. The van der Waals surface area contributed by atoms with Crippen LogP contribution in [0.1, 0.15) is 5.56 Å². The van der Waals surface area contributed by atoms with Crippen molar-refractivity contribution in [1.29, 1.82) is 0 Å². The molecule has 5 aliphatic rings. The lowest BCUT2D eigenvalue weighted by Gasteiger charge is -2.53. The van der Waals surface area contributed by atoms with Crippen LogP contribution in [0.4, 0.5) is 11.4 Å². The molecule has 8 nitrogen and oxygen atoms in total. The molecule has 0 N–H and O–H groups in total. The van der Waals surface area contributed by atoms with Crippen LogP contribution in [0.3, 0.4) is 0 Å². The van der Waals surface area contributed by atoms with Gasteiger partial charge in [-0.25, -0.2) is 9.80 Å². The molecule has 3 aromatic carbocycles. The van der Waals surface area contributed by atoms with E-state index in [1.165, 1.54) is 9.80 Å². The third-order valence-corrected chi connectivity index (χ3v) is 9.09. The fraction of sp³-hybridized carbons (Fsp3) is 0.250. The Morgan fingerprint density at radius 3 is 1.48 bits per heavy atom. The van der Waals surface area contributed by atoms with Gasteiger partial charge in [-0.2, -0.15) is 0 Å². The molecule has 2 aliphatic heterocycles. The molecule has 1 saturated carbocycles. The van der Waals surface area contributed by atoms with Crippen molar-refractivity contribution in [3.8, 4) is 11.5 Å². The first-order chi connectivity index (χ1) is 19.4. The van der Waals surface area contributed by atoms with Crippen LogP contribution in [0.5, 0.6) is 11.5 Å². The zero-order valence-electron chi connectivity index (χ0n) is 21.9. The first kappa shape index (κ1) is 24.3. The van der Waals surface area contributed by atoms with Crippen molar-refractivity contribution < 1.29 is 28.7 Å². The van der Waals surface area contributed by atoms with Gasteiger partial charge in [0.1, 0.15) is 11.5 Å². The summed E-state index contributed by atoms with van der Waals surface area (Å²) in [6.07, 6.45) is 3.81. The van der Waals surface area contributed by atoms with E-state index < -0.39 is 35.0 Å². The maximum atomic E-state index is 14.3. The summed E-state index contributed by atoms with van der Waals surface area (Å²) in [6, 6.07) is 22.9. The van der Waals surface area contributed by atoms with Crippen LogP contribution in [-0.4, -0.2) is 37.8 Å². The molecule has 0 aromatic heterocycles. The van der Waals surface area contributed by atoms with E-state index in [4.69, 9.17) is 9.47 Å². The summed E-state index contributed by atoms with van der Waals surface area (Å²) in [5.74, 6) is -3.99. The van der Waals surface area contributed by atoms with E-state index in [9.17, 15) is 19.2 Å². The largest absolute Gasteiger partial charge is 0.497 e. The van der Waals surface area contributed by atoms with Gasteiger partial charge >= 0.3 is 0 Å². The van der Waals surface area contributed by atoms with Crippen molar-refractivity contribution in [2.75, 3.05) is 24.0 Å². The lowest BCUT2D eigenvalue weighted by molar-refractivity contribution is -0.140. The van der Waals surface area contributed by atoms with Crippen LogP contribution in [0.25, 0.3) is 0 Å². The number of anilines is 2. The number of imide groups is 2. The van der Waals surface area contributed by atoms with Crippen LogP contribution in [0, 0.1) is 29.6 Å². The molecule has 0 spiro atoms. The Morgan fingerprint density at radius 1 is 0.600 bits per heavy atom. The molecule has 3 fully saturated rings. The second-order valence-corrected chi connectivity index (χ2v) is 10.7. The number of carbonyl (C=O) groups is 4. The molecule has 3 aromatic rings. The number of benzene rings is 3. The number of allylic oxidation sites excluding steroid dienone is 2. The number of carbonyl (C=O) groups excluding carboxylic acids is 4. The SMILES string of the molecule is COc1ccc(N2C(=O)[C@@H]3C4C=CC(c5ccccc5)([C@@H]3C2=O)[C@@H]2C(=O)N(c3ccc(OC)cc3)C(=O)[C@@H]42)cc1. The highest BCUT2D eigenvalue weighted by molar-refractivity contribution is 6.27. The van der Waals surface area contributed by atoms with Crippen LogP contribution in [-0.2, 0) is 24.6 Å². The average molecular weight is 535 g/mol. The number of ether oxygens (including phenoxy) is 2. The average Bonchev–Trinajstić information content (AvgIpc) is 3.44. The minimum absolute atomic E-state index is 0.351. The van der Waals surface area contributed by atoms with Gasteiger partial charge in [0.05, 0.1) is 49.3 Å². The number of amides is 4. The van der Waals surface area contributed by atoms with E-state index >= 15 is 0 Å². The molecular formula is C32H26N2O6. The molecule has 2 saturated heterocycles. The zero-order valence-corrected chi connectivity index (χ0v) is 21.9. The Labute approximate surface area is 230 Å². The monoisotopic (exact) mass is 534 g/mol. The summed E-state index contributed by atoms with van der Waals surface area (Å²) < 4.78 is 10.5. The molecule has 40 heavy (non-hydrogen) atoms. The molecule has 6 atom stereocenters. The molecule has 200 valence electrons. The summed E-state index contributed by atoms with van der Waals surface area (Å²) in [6.45, 7) is 0. The highest BCUT2D eigenvalue weighted by atomic mass is 16.5. The van der Waals surface area contributed by atoms with Crippen molar-refractivity contribution >= 4 is 35.0 Å². The molecule has 3 aliphatic carbocycles. The Morgan fingerprint density at radius 2 is 1.05 bits per heavy atom. The smallest absolute Gasteiger partial charge is 0.238 e. The Bertz CT molecular complexity index is 1490. The predicted molar refractivity (Wildman–Crippen MR) is 146 cm³/mol. The minimum Gasteiger partial charge on any atom is -0.497 e. The van der Waals surface area contributed by atoms with Crippen LogP contribution < -0.4 is 19.3 Å². The maximum absolute atomic E-state index is 14.3. The van der Waals surface area contributed by atoms with E-state index in [2.05, 4.69) is 0 Å². The van der Waals surface area contributed by atoms with Crippen molar-refractivity contribution in [2.45, 2.75) is 5.41 Å². The number of rotatable bonds is 5. The standard InChI is InChI=1S/C32H26N2O6/c1-39-21-12-8-19(9-13-21)33-28(35)24-23-16-17-32(26(24)30(33)37,18-6-4-3-5-7-18)27-25(23)29(36)34(31(27)38)20-10-14-22(40-2)15-11-20/h3-17,23-27H,1-2H3/t23?,24-,25+,26-,27-,32?/m0/s1. The highest BCUT2D eigenvalue weighted by Crippen LogP contribution is 2.65. The molecule has 2 unspecified atom stereocenters. The molecule has 8 heteroatoms. The normalized spacial score (nSPS) is 30.1. The molecule has 0 radical (unpaired) electrons.